The number of carbonyl (C=O) groups is 1. The number of amides is 1. The second kappa shape index (κ2) is 6.02. The van der Waals surface area contributed by atoms with Crippen molar-refractivity contribution in [3.63, 3.8) is 0 Å². The highest BCUT2D eigenvalue weighted by molar-refractivity contribution is 5.76. The Morgan fingerprint density at radius 2 is 2.00 bits per heavy atom. The van der Waals surface area contributed by atoms with Crippen LogP contribution in [0.3, 0.4) is 0 Å². The molecular weight excluding hydrogens is 226 g/mol. The van der Waals surface area contributed by atoms with Gasteiger partial charge in [-0.25, -0.2) is 0 Å². The molecule has 0 aromatic carbocycles. The van der Waals surface area contributed by atoms with Crippen molar-refractivity contribution in [2.75, 3.05) is 7.05 Å². The van der Waals surface area contributed by atoms with Gasteiger partial charge in [-0.15, -0.1) is 0 Å². The summed E-state index contributed by atoms with van der Waals surface area (Å²) in [7, 11) is 2.24. The minimum Gasteiger partial charge on any atom is -0.353 e. The van der Waals surface area contributed by atoms with Gasteiger partial charge in [-0.1, -0.05) is 6.42 Å². The van der Waals surface area contributed by atoms with Gasteiger partial charge in [-0.2, -0.15) is 0 Å². The predicted octanol–water partition coefficient (Wildman–Crippen LogP) is 1.25. The summed E-state index contributed by atoms with van der Waals surface area (Å²) in [6.45, 7) is 1.95. The lowest BCUT2D eigenvalue weighted by Crippen LogP contribution is -2.55. The Morgan fingerprint density at radius 1 is 1.39 bits per heavy atom. The number of piperidine rings is 2. The molecule has 0 aromatic heterocycles. The molecule has 2 saturated heterocycles. The summed E-state index contributed by atoms with van der Waals surface area (Å²) in [5.41, 5.74) is 5.68. The van der Waals surface area contributed by atoms with Gasteiger partial charge in [0.15, 0.2) is 0 Å². The van der Waals surface area contributed by atoms with Crippen LogP contribution in [0.15, 0.2) is 0 Å². The third kappa shape index (κ3) is 3.45. The molecule has 0 aliphatic carbocycles. The quantitative estimate of drug-likeness (QED) is 0.792. The molecule has 3 unspecified atom stereocenters. The van der Waals surface area contributed by atoms with Gasteiger partial charge in [-0.05, 0) is 46.1 Å². The molecule has 2 heterocycles. The highest BCUT2D eigenvalue weighted by Gasteiger charge is 2.36. The highest BCUT2D eigenvalue weighted by Crippen LogP contribution is 2.32. The van der Waals surface area contributed by atoms with Crippen LogP contribution in [0.2, 0.25) is 0 Å². The first-order chi connectivity index (χ1) is 8.56. The molecule has 0 radical (unpaired) electrons. The van der Waals surface area contributed by atoms with Gasteiger partial charge in [0.2, 0.25) is 5.91 Å². The van der Waals surface area contributed by atoms with Gasteiger partial charge in [0.05, 0.1) is 0 Å². The molecule has 3 N–H and O–H groups in total. The van der Waals surface area contributed by atoms with E-state index in [2.05, 4.69) is 17.3 Å². The minimum atomic E-state index is 0.118. The van der Waals surface area contributed by atoms with Crippen LogP contribution in [0.25, 0.3) is 0 Å². The SMILES string of the molecule is CC(N)CCC(=O)NC1CC2CCCC(C1)N2C. The number of hydrogen-bond acceptors (Lipinski definition) is 3. The fourth-order valence-electron chi connectivity index (χ4n) is 3.39. The third-order valence-electron chi connectivity index (χ3n) is 4.53. The van der Waals surface area contributed by atoms with E-state index in [-0.39, 0.29) is 11.9 Å². The molecule has 2 rings (SSSR count). The van der Waals surface area contributed by atoms with Crippen LogP contribution in [-0.2, 0) is 4.79 Å². The first-order valence-corrected chi connectivity index (χ1v) is 7.33. The lowest BCUT2D eigenvalue weighted by atomic mass is 9.82. The smallest absolute Gasteiger partial charge is 0.220 e. The van der Waals surface area contributed by atoms with Crippen LogP contribution >= 0.6 is 0 Å². The number of nitrogens with one attached hydrogen (secondary N) is 1. The van der Waals surface area contributed by atoms with Crippen LogP contribution < -0.4 is 11.1 Å². The fourth-order valence-corrected chi connectivity index (χ4v) is 3.39. The standard InChI is InChI=1S/C14H27N3O/c1-10(15)6-7-14(18)16-11-8-12-4-3-5-13(9-11)17(12)2/h10-13H,3-9,15H2,1-2H3,(H,16,18). The summed E-state index contributed by atoms with van der Waals surface area (Å²) in [5.74, 6) is 0.180. The van der Waals surface area contributed by atoms with E-state index in [1.165, 1.54) is 19.3 Å². The normalized spacial score (nSPS) is 34.1. The highest BCUT2D eigenvalue weighted by atomic mass is 16.1. The fraction of sp³-hybridized carbons (Fsp3) is 0.929. The summed E-state index contributed by atoms with van der Waals surface area (Å²) in [6, 6.07) is 1.86. The van der Waals surface area contributed by atoms with E-state index in [1.807, 2.05) is 6.92 Å². The zero-order valence-corrected chi connectivity index (χ0v) is 11.7. The molecule has 1 amide bonds. The summed E-state index contributed by atoms with van der Waals surface area (Å²) in [6.07, 6.45) is 7.53. The monoisotopic (exact) mass is 253 g/mol. The van der Waals surface area contributed by atoms with Crippen LogP contribution in [0.4, 0.5) is 0 Å². The van der Waals surface area contributed by atoms with Crippen LogP contribution in [0.5, 0.6) is 0 Å². The molecule has 2 aliphatic rings. The molecule has 4 heteroatoms. The van der Waals surface area contributed by atoms with Crippen molar-refractivity contribution in [1.29, 1.82) is 0 Å². The zero-order valence-electron chi connectivity index (χ0n) is 11.7. The maximum Gasteiger partial charge on any atom is 0.220 e. The van der Waals surface area contributed by atoms with Gasteiger partial charge in [-0.3, -0.25) is 4.79 Å². The van der Waals surface area contributed by atoms with Gasteiger partial charge in [0, 0.05) is 30.6 Å². The van der Waals surface area contributed by atoms with Gasteiger partial charge in [0.25, 0.3) is 0 Å². The predicted molar refractivity (Wildman–Crippen MR) is 73.2 cm³/mol. The first-order valence-electron chi connectivity index (χ1n) is 7.33. The van der Waals surface area contributed by atoms with Gasteiger partial charge in [0.1, 0.15) is 0 Å². The van der Waals surface area contributed by atoms with Crippen LogP contribution in [-0.4, -0.2) is 42.0 Å². The van der Waals surface area contributed by atoms with Crippen molar-refractivity contribution in [3.8, 4) is 0 Å². The number of nitrogens with two attached hydrogens (primary N) is 1. The lowest BCUT2D eigenvalue weighted by Gasteiger charge is -2.47. The number of nitrogens with zero attached hydrogens (tertiary/aromatic N) is 1. The molecule has 0 saturated carbocycles. The van der Waals surface area contributed by atoms with E-state index in [1.54, 1.807) is 0 Å². The Hall–Kier alpha value is -0.610. The van der Waals surface area contributed by atoms with Crippen molar-refractivity contribution in [3.05, 3.63) is 0 Å². The molecule has 0 aromatic rings. The molecule has 3 atom stereocenters. The maximum absolute atomic E-state index is 11.8. The zero-order chi connectivity index (χ0) is 13.1. The van der Waals surface area contributed by atoms with Gasteiger partial charge < -0.3 is 16.0 Å². The topological polar surface area (TPSA) is 58.4 Å². The lowest BCUT2D eigenvalue weighted by molar-refractivity contribution is -0.122. The van der Waals surface area contributed by atoms with E-state index in [0.29, 0.717) is 24.5 Å². The number of hydrogen-bond donors (Lipinski definition) is 2. The molecule has 2 fully saturated rings. The van der Waals surface area contributed by atoms with Crippen molar-refractivity contribution >= 4 is 5.91 Å². The summed E-state index contributed by atoms with van der Waals surface area (Å²) in [4.78, 5) is 14.4. The third-order valence-corrected chi connectivity index (χ3v) is 4.53. The average molecular weight is 253 g/mol. The largest absolute Gasteiger partial charge is 0.353 e. The molecule has 104 valence electrons. The van der Waals surface area contributed by atoms with Crippen molar-refractivity contribution in [2.45, 2.75) is 76.0 Å². The number of carbonyl (C=O) groups excluding carboxylic acids is 1. The van der Waals surface area contributed by atoms with E-state index >= 15 is 0 Å². The second-order valence-electron chi connectivity index (χ2n) is 6.16. The summed E-state index contributed by atoms with van der Waals surface area (Å²) >= 11 is 0. The second-order valence-corrected chi connectivity index (χ2v) is 6.16. The van der Waals surface area contributed by atoms with Crippen molar-refractivity contribution in [2.24, 2.45) is 5.73 Å². The van der Waals surface area contributed by atoms with Crippen molar-refractivity contribution < 1.29 is 4.79 Å². The van der Waals surface area contributed by atoms with E-state index in [0.717, 1.165) is 19.3 Å². The average Bonchev–Trinajstić information content (AvgIpc) is 2.28. The Morgan fingerprint density at radius 3 is 2.56 bits per heavy atom. The summed E-state index contributed by atoms with van der Waals surface area (Å²) in [5, 5.41) is 3.20. The number of rotatable bonds is 4. The molecule has 4 nitrogen and oxygen atoms in total. The molecule has 0 spiro atoms. The summed E-state index contributed by atoms with van der Waals surface area (Å²) < 4.78 is 0. The first kappa shape index (κ1) is 13.8. The Kier molecular flexibility index (Phi) is 4.62. The Balaban J connectivity index is 1.79. The maximum atomic E-state index is 11.8. The van der Waals surface area contributed by atoms with Crippen molar-refractivity contribution in [1.82, 2.24) is 10.2 Å². The minimum absolute atomic E-state index is 0.118. The van der Waals surface area contributed by atoms with E-state index in [9.17, 15) is 4.79 Å². The number of fused-ring (bicyclic) bond motifs is 2. The van der Waals surface area contributed by atoms with Crippen LogP contribution in [0, 0.1) is 0 Å². The van der Waals surface area contributed by atoms with Crippen LogP contribution in [0.1, 0.15) is 51.9 Å². The molecular formula is C14H27N3O. The molecule has 18 heavy (non-hydrogen) atoms. The van der Waals surface area contributed by atoms with E-state index in [4.69, 9.17) is 5.73 Å². The van der Waals surface area contributed by atoms with Gasteiger partial charge >= 0.3 is 0 Å². The molecule has 2 bridgehead atoms. The van der Waals surface area contributed by atoms with E-state index < -0.39 is 0 Å². The Bertz CT molecular complexity index is 279. The Labute approximate surface area is 110 Å². The molecule has 2 aliphatic heterocycles.